The van der Waals surface area contributed by atoms with E-state index in [1.54, 1.807) is 62.6 Å². The summed E-state index contributed by atoms with van der Waals surface area (Å²) in [6.07, 6.45) is 0. The van der Waals surface area contributed by atoms with Crippen LogP contribution < -0.4 is 83.3 Å². The van der Waals surface area contributed by atoms with Gasteiger partial charge in [-0.1, -0.05) is 6.92 Å². The van der Waals surface area contributed by atoms with E-state index in [0.717, 1.165) is 15.6 Å². The fourth-order valence-corrected chi connectivity index (χ4v) is 7.05. The van der Waals surface area contributed by atoms with Gasteiger partial charge in [-0.05, 0) is 64.3 Å². The molecule has 0 heterocycles. The molecule has 2 N–H and O–H groups in total. The number of aryl methyl sites for hydroxylation is 2. The molecular weight excluding hydrogens is 1160 g/mol. The Bertz CT molecular complexity index is 2190. The SMILES string of the molecule is COCCOCOc1c(C)[c-]c(OC)c(OC)c1OC.COCCOCOc1c(C)c(Br)c(OC)c(OC)c1OC.COc1c(O)c(C)c(Br)c(OC)c1OC.COc1cc(C)c(O)c(OC)c1OC.[Br-].[Mg+2]. The first-order valence-electron chi connectivity index (χ1n) is 20.8. The Morgan fingerprint density at radius 3 is 1.19 bits per heavy atom. The summed E-state index contributed by atoms with van der Waals surface area (Å²) in [6.45, 7) is 9.35. The van der Waals surface area contributed by atoms with Gasteiger partial charge in [-0.3, -0.25) is 0 Å². The van der Waals surface area contributed by atoms with Gasteiger partial charge in [-0.2, -0.15) is 0 Å². The van der Waals surface area contributed by atoms with Crippen molar-refractivity contribution < 1.29 is 112 Å². The largest absolute Gasteiger partial charge is 2.00 e. The Morgan fingerprint density at radius 2 is 0.792 bits per heavy atom. The number of aromatic hydroxyl groups is 2. The van der Waals surface area contributed by atoms with Gasteiger partial charge >= 0.3 is 23.1 Å². The first-order valence-corrected chi connectivity index (χ1v) is 22.4. The zero-order valence-electron chi connectivity index (χ0n) is 44.4. The number of rotatable bonds is 24. The van der Waals surface area contributed by atoms with Crippen molar-refractivity contribution in [2.24, 2.45) is 0 Å². The normalized spacial score (nSPS) is 9.83. The van der Waals surface area contributed by atoms with Crippen molar-refractivity contribution >= 4 is 54.9 Å². The van der Waals surface area contributed by atoms with Crippen molar-refractivity contribution in [3.63, 3.8) is 0 Å². The maximum absolute atomic E-state index is 9.82. The molecule has 0 bridgehead atoms. The minimum Gasteiger partial charge on any atom is -1.00 e. The summed E-state index contributed by atoms with van der Waals surface area (Å²) in [5, 5.41) is 19.5. The second kappa shape index (κ2) is 37.5. The fraction of sp³-hybridized carbons (Fsp3) is 0.500. The average Bonchev–Trinajstić information content (AvgIpc) is 3.37. The molecule has 0 saturated carbocycles. The summed E-state index contributed by atoms with van der Waals surface area (Å²) in [5.74, 6) is 6.40. The zero-order chi connectivity index (χ0) is 53.1. The third kappa shape index (κ3) is 18.6. The molecule has 24 heteroatoms. The van der Waals surface area contributed by atoms with Gasteiger partial charge in [-0.25, -0.2) is 0 Å². The van der Waals surface area contributed by atoms with E-state index in [0.29, 0.717) is 117 Å². The Labute approximate surface area is 467 Å². The van der Waals surface area contributed by atoms with Gasteiger partial charge < -0.3 is 112 Å². The summed E-state index contributed by atoms with van der Waals surface area (Å²) in [7, 11) is 21.5. The number of phenols is 2. The minimum absolute atomic E-state index is 0. The van der Waals surface area contributed by atoms with Crippen LogP contribution in [0.3, 0.4) is 0 Å². The molecule has 0 amide bonds. The van der Waals surface area contributed by atoms with Crippen LogP contribution in [0.1, 0.15) is 22.3 Å². The van der Waals surface area contributed by atoms with Gasteiger partial charge in [0.2, 0.25) is 34.5 Å². The van der Waals surface area contributed by atoms with Gasteiger partial charge in [0, 0.05) is 25.3 Å². The number of methoxy groups -OCH3 is 14. The third-order valence-electron chi connectivity index (χ3n) is 9.53. The van der Waals surface area contributed by atoms with E-state index >= 15 is 0 Å². The van der Waals surface area contributed by atoms with Crippen LogP contribution in [0.2, 0.25) is 0 Å². The summed E-state index contributed by atoms with van der Waals surface area (Å²) in [5.41, 5.74) is 2.90. The molecule has 0 fully saturated rings. The van der Waals surface area contributed by atoms with Crippen molar-refractivity contribution in [2.45, 2.75) is 27.7 Å². The third-order valence-corrected chi connectivity index (χ3v) is 11.4. The van der Waals surface area contributed by atoms with Gasteiger partial charge in [0.1, 0.15) is 0 Å². The molecule has 20 nitrogen and oxygen atoms in total. The van der Waals surface area contributed by atoms with Gasteiger partial charge in [0.15, 0.2) is 48.1 Å². The number of hydrogen-bond donors (Lipinski definition) is 2. The van der Waals surface area contributed by atoms with Crippen LogP contribution in [0.5, 0.6) is 92.0 Å². The summed E-state index contributed by atoms with van der Waals surface area (Å²) in [6, 6.07) is 4.73. The van der Waals surface area contributed by atoms with E-state index in [1.165, 1.54) is 56.9 Å². The van der Waals surface area contributed by atoms with Crippen molar-refractivity contribution in [3.05, 3.63) is 43.3 Å². The summed E-state index contributed by atoms with van der Waals surface area (Å²) < 4.78 is 95.5. The molecule has 4 aromatic rings. The van der Waals surface area contributed by atoms with Gasteiger partial charge in [0.05, 0.1) is 144 Å². The predicted molar refractivity (Wildman–Crippen MR) is 273 cm³/mol. The Kier molecular flexibility index (Phi) is 36.3. The topological polar surface area (TPSA) is 207 Å². The molecular formula is C48H69Br3MgO20. The molecule has 0 aliphatic rings. The molecule has 0 spiro atoms. The Balaban J connectivity index is 0. The molecule has 404 valence electrons. The van der Waals surface area contributed by atoms with E-state index in [-0.39, 0.29) is 70.9 Å². The van der Waals surface area contributed by atoms with Crippen LogP contribution in [0.4, 0.5) is 0 Å². The summed E-state index contributed by atoms with van der Waals surface area (Å²) in [4.78, 5) is 0. The monoisotopic (exact) mass is 1230 g/mol. The number of benzene rings is 4. The van der Waals surface area contributed by atoms with Crippen LogP contribution >= 0.6 is 31.9 Å². The Morgan fingerprint density at radius 1 is 0.417 bits per heavy atom. The molecule has 72 heavy (non-hydrogen) atoms. The minimum atomic E-state index is 0. The van der Waals surface area contributed by atoms with E-state index < -0.39 is 0 Å². The quantitative estimate of drug-likeness (QED) is 0.0388. The predicted octanol–water partition coefficient (Wildman–Crippen LogP) is 5.44. The number of halogens is 3. The molecule has 4 rings (SSSR count). The van der Waals surface area contributed by atoms with E-state index in [1.807, 2.05) is 13.8 Å². The van der Waals surface area contributed by atoms with Crippen molar-refractivity contribution in [1.82, 2.24) is 0 Å². The molecule has 0 radical (unpaired) electrons. The molecule has 0 saturated heterocycles. The van der Waals surface area contributed by atoms with E-state index in [2.05, 4.69) is 37.9 Å². The molecule has 0 atom stereocenters. The van der Waals surface area contributed by atoms with Crippen LogP contribution in [-0.2, 0) is 18.9 Å². The maximum Gasteiger partial charge on any atom is 2.00 e. The Hall–Kier alpha value is -4.27. The smallest absolute Gasteiger partial charge is 1.00 e. The second-order valence-corrected chi connectivity index (χ2v) is 15.2. The first kappa shape index (κ1) is 69.8. The van der Waals surface area contributed by atoms with E-state index in [4.69, 9.17) is 85.3 Å². The zero-order valence-corrected chi connectivity index (χ0v) is 50.6. The van der Waals surface area contributed by atoms with Crippen molar-refractivity contribution in [3.8, 4) is 92.0 Å². The van der Waals surface area contributed by atoms with E-state index in [9.17, 15) is 10.2 Å². The molecule has 0 aromatic heterocycles. The van der Waals surface area contributed by atoms with Crippen LogP contribution in [-0.4, -0.2) is 173 Å². The fourth-order valence-electron chi connectivity index (χ4n) is 6.00. The number of phenolic OH excluding ortho intramolecular Hbond substituents is 2. The average molecular weight is 1230 g/mol. The van der Waals surface area contributed by atoms with Crippen LogP contribution in [0.25, 0.3) is 0 Å². The number of ether oxygens (including phenoxy) is 18. The molecule has 0 aliphatic heterocycles. The molecule has 4 aromatic carbocycles. The number of hydrogen-bond acceptors (Lipinski definition) is 20. The maximum atomic E-state index is 9.82. The standard InChI is InChI=1S/C14H21BrO6.C14H21O6.C10H13BrO4.C10H14O4.BrH.Mg/c1-9-10(15)12(17-3)14(19-5)13(18-4)11(9)21-8-20-7-6-16-2;1-10-8-11(16-3)13(17-4)14(18-5)12(10)20-9-19-7-6-15-2;1-5-6(11)8(13-2)10(15-4)9(14-3)7(5)12;1-6-5-7(12-2)9(13-3)10(14-4)8(6)11;;/h6-8H2,1-5H3;6-7,9H2,1-5H3;12H,1-4H3;5,11H,1-4H3;1H;/q;-1;;;;+2/p-1. The molecule has 0 unspecified atom stereocenters. The van der Waals surface area contributed by atoms with Gasteiger partial charge in [-0.15, -0.1) is 11.6 Å². The van der Waals surface area contributed by atoms with Crippen molar-refractivity contribution in [2.75, 3.05) is 140 Å². The molecule has 0 aliphatic carbocycles. The van der Waals surface area contributed by atoms with Crippen molar-refractivity contribution in [1.29, 1.82) is 0 Å². The second-order valence-electron chi connectivity index (χ2n) is 13.6. The van der Waals surface area contributed by atoms with Crippen LogP contribution in [0, 0.1) is 33.8 Å². The van der Waals surface area contributed by atoms with Gasteiger partial charge in [0.25, 0.3) is 0 Å². The van der Waals surface area contributed by atoms with Crippen LogP contribution in [0.15, 0.2) is 15.0 Å². The first-order chi connectivity index (χ1) is 33.5. The summed E-state index contributed by atoms with van der Waals surface area (Å²) >= 11 is 6.80.